The molecule has 7 heteroatoms. The fourth-order valence-electron chi connectivity index (χ4n) is 2.72. The van der Waals surface area contributed by atoms with E-state index in [2.05, 4.69) is 17.1 Å². The van der Waals surface area contributed by atoms with Crippen molar-refractivity contribution in [3.05, 3.63) is 27.4 Å². The van der Waals surface area contributed by atoms with Gasteiger partial charge in [-0.1, -0.05) is 0 Å². The van der Waals surface area contributed by atoms with Gasteiger partial charge in [0.2, 0.25) is 0 Å². The molecule has 1 fully saturated rings. The number of aryl methyl sites for hydroxylation is 3. The lowest BCUT2D eigenvalue weighted by Crippen LogP contribution is -2.41. The number of hydrogen-bond donors (Lipinski definition) is 0. The molecule has 23 heavy (non-hydrogen) atoms. The molecule has 0 N–H and O–H groups in total. The van der Waals surface area contributed by atoms with E-state index in [0.717, 1.165) is 30.1 Å². The Morgan fingerprint density at radius 2 is 2.30 bits per heavy atom. The summed E-state index contributed by atoms with van der Waals surface area (Å²) in [6, 6.07) is 1.67. The zero-order valence-electron chi connectivity index (χ0n) is 13.7. The van der Waals surface area contributed by atoms with Crippen LogP contribution in [-0.2, 0) is 4.79 Å². The Bertz CT molecular complexity index is 675. The Labute approximate surface area is 139 Å². The number of likely N-dealkylation sites (tertiary alicyclic amines) is 1. The van der Waals surface area contributed by atoms with Crippen molar-refractivity contribution in [1.82, 2.24) is 15.0 Å². The van der Waals surface area contributed by atoms with Crippen LogP contribution in [0.5, 0.6) is 5.88 Å². The summed E-state index contributed by atoms with van der Waals surface area (Å²) >= 11 is 1.74. The average molecular weight is 335 g/mol. The van der Waals surface area contributed by atoms with Gasteiger partial charge in [-0.3, -0.25) is 4.79 Å². The van der Waals surface area contributed by atoms with E-state index in [-0.39, 0.29) is 12.5 Å². The molecule has 0 unspecified atom stereocenters. The number of nitrogens with zero attached hydrogens (tertiary/aromatic N) is 3. The first-order valence-electron chi connectivity index (χ1n) is 7.80. The lowest BCUT2D eigenvalue weighted by molar-refractivity contribution is -0.134. The van der Waals surface area contributed by atoms with E-state index in [9.17, 15) is 4.79 Å². The van der Waals surface area contributed by atoms with Crippen molar-refractivity contribution >= 4 is 17.2 Å². The molecule has 1 saturated heterocycles. The first-order chi connectivity index (χ1) is 11.0. The van der Waals surface area contributed by atoms with Crippen LogP contribution >= 0.6 is 11.3 Å². The van der Waals surface area contributed by atoms with Crippen LogP contribution in [0.15, 0.2) is 10.6 Å². The van der Waals surface area contributed by atoms with Gasteiger partial charge in [-0.05, 0) is 38.8 Å². The van der Waals surface area contributed by atoms with Gasteiger partial charge in [-0.25, -0.2) is 4.98 Å². The topological polar surface area (TPSA) is 68.5 Å². The van der Waals surface area contributed by atoms with Crippen LogP contribution in [0.3, 0.4) is 0 Å². The van der Waals surface area contributed by atoms with E-state index < -0.39 is 0 Å². The molecule has 0 bridgehead atoms. The molecule has 3 rings (SSSR count). The predicted octanol–water partition coefficient (Wildman–Crippen LogP) is 2.84. The number of rotatable bonds is 4. The smallest absolute Gasteiger partial charge is 0.260 e. The second kappa shape index (κ2) is 6.70. The Hall–Kier alpha value is -1.89. The van der Waals surface area contributed by atoms with Crippen LogP contribution in [0.1, 0.15) is 40.1 Å². The average Bonchev–Trinajstić information content (AvgIpc) is 3.11. The molecule has 0 saturated carbocycles. The summed E-state index contributed by atoms with van der Waals surface area (Å²) in [5.74, 6) is 1.34. The number of aromatic nitrogens is 2. The van der Waals surface area contributed by atoms with E-state index >= 15 is 0 Å². The number of piperidine rings is 1. The molecule has 3 heterocycles. The summed E-state index contributed by atoms with van der Waals surface area (Å²) < 4.78 is 10.3. The molecule has 0 radical (unpaired) electrons. The summed E-state index contributed by atoms with van der Waals surface area (Å²) in [5.41, 5.74) is 1.10. The van der Waals surface area contributed by atoms with Gasteiger partial charge in [0, 0.05) is 30.0 Å². The van der Waals surface area contributed by atoms with Crippen LogP contribution in [0.2, 0.25) is 0 Å². The molecule has 1 amide bonds. The van der Waals surface area contributed by atoms with E-state index in [4.69, 9.17) is 9.26 Å². The molecule has 2 aromatic heterocycles. The third-order valence-corrected chi connectivity index (χ3v) is 5.35. The minimum absolute atomic E-state index is 0.00534. The molecular formula is C16H21N3O3S. The highest BCUT2D eigenvalue weighted by Gasteiger charge is 2.27. The van der Waals surface area contributed by atoms with Gasteiger partial charge in [0.1, 0.15) is 5.76 Å². The van der Waals surface area contributed by atoms with Crippen molar-refractivity contribution in [3.8, 4) is 5.88 Å². The third-order valence-electron chi connectivity index (χ3n) is 4.12. The van der Waals surface area contributed by atoms with Crippen molar-refractivity contribution in [2.24, 2.45) is 0 Å². The molecule has 124 valence electrons. The van der Waals surface area contributed by atoms with Crippen LogP contribution in [0.4, 0.5) is 0 Å². The molecule has 0 aromatic carbocycles. The van der Waals surface area contributed by atoms with Gasteiger partial charge in [0.05, 0.1) is 10.7 Å². The number of hydrogen-bond acceptors (Lipinski definition) is 6. The van der Waals surface area contributed by atoms with Crippen molar-refractivity contribution in [2.75, 3.05) is 19.7 Å². The predicted molar refractivity (Wildman–Crippen MR) is 86.9 cm³/mol. The largest absolute Gasteiger partial charge is 0.465 e. The van der Waals surface area contributed by atoms with Crippen LogP contribution in [0.25, 0.3) is 0 Å². The maximum absolute atomic E-state index is 12.4. The Morgan fingerprint density at radius 1 is 1.48 bits per heavy atom. The number of ether oxygens (including phenoxy) is 1. The standard InChI is InChI=1S/C16H21N3O3S/c1-10-7-14(18-22-10)21-9-15(20)19-6-4-5-13(8-19)16-17-11(2)12(3)23-16/h7,13H,4-6,8-9H2,1-3H3/t13-/m1/s1. The quantitative estimate of drug-likeness (QED) is 0.859. The number of carbonyl (C=O) groups is 1. The van der Waals surface area contributed by atoms with E-state index in [0.29, 0.717) is 24.1 Å². The maximum atomic E-state index is 12.4. The van der Waals surface area contributed by atoms with E-state index in [1.54, 1.807) is 24.3 Å². The minimum atomic E-state index is -0.0136. The Morgan fingerprint density at radius 3 is 2.96 bits per heavy atom. The fraction of sp³-hybridized carbons (Fsp3) is 0.562. The summed E-state index contributed by atoms with van der Waals surface area (Å²) in [7, 11) is 0. The van der Waals surface area contributed by atoms with Gasteiger partial charge < -0.3 is 14.2 Å². The number of amides is 1. The minimum Gasteiger partial charge on any atom is -0.465 e. The molecule has 0 aliphatic carbocycles. The lowest BCUT2D eigenvalue weighted by Gasteiger charge is -2.31. The lowest BCUT2D eigenvalue weighted by atomic mass is 9.99. The monoisotopic (exact) mass is 335 g/mol. The van der Waals surface area contributed by atoms with E-state index in [1.807, 2.05) is 11.8 Å². The molecule has 0 spiro atoms. The van der Waals surface area contributed by atoms with E-state index in [1.165, 1.54) is 4.88 Å². The normalized spacial score (nSPS) is 18.2. The molecular weight excluding hydrogens is 314 g/mol. The molecule has 1 aliphatic rings. The number of carbonyl (C=O) groups excluding carboxylic acids is 1. The highest BCUT2D eigenvalue weighted by Crippen LogP contribution is 2.31. The number of thiazole rings is 1. The van der Waals surface area contributed by atoms with Gasteiger partial charge in [-0.15, -0.1) is 11.3 Å². The Kier molecular flexibility index (Phi) is 4.66. The molecule has 6 nitrogen and oxygen atoms in total. The first-order valence-corrected chi connectivity index (χ1v) is 8.62. The molecule has 2 aromatic rings. The molecule has 1 atom stereocenters. The van der Waals surface area contributed by atoms with Crippen molar-refractivity contribution in [2.45, 2.75) is 39.5 Å². The van der Waals surface area contributed by atoms with Crippen LogP contribution in [0, 0.1) is 20.8 Å². The fourth-order valence-corrected chi connectivity index (χ4v) is 3.76. The second-order valence-corrected chi connectivity index (χ2v) is 7.17. The Balaban J connectivity index is 1.58. The van der Waals surface area contributed by atoms with Crippen LogP contribution < -0.4 is 4.74 Å². The zero-order valence-corrected chi connectivity index (χ0v) is 14.5. The SMILES string of the molecule is Cc1cc(OCC(=O)N2CCC[C@@H](c3nc(C)c(C)s3)C2)no1. The third kappa shape index (κ3) is 3.72. The van der Waals surface area contributed by atoms with Gasteiger partial charge in [0.15, 0.2) is 6.61 Å². The summed E-state index contributed by atoms with van der Waals surface area (Å²) in [6.07, 6.45) is 2.08. The summed E-state index contributed by atoms with van der Waals surface area (Å²) in [5, 5.41) is 4.88. The first kappa shape index (κ1) is 16.0. The zero-order chi connectivity index (χ0) is 16.4. The maximum Gasteiger partial charge on any atom is 0.260 e. The summed E-state index contributed by atoms with van der Waals surface area (Å²) in [4.78, 5) is 20.1. The van der Waals surface area contributed by atoms with Crippen molar-refractivity contribution in [3.63, 3.8) is 0 Å². The highest BCUT2D eigenvalue weighted by atomic mass is 32.1. The van der Waals surface area contributed by atoms with Gasteiger partial charge >= 0.3 is 0 Å². The second-order valence-electron chi connectivity index (χ2n) is 5.94. The summed E-state index contributed by atoms with van der Waals surface area (Å²) in [6.45, 7) is 7.40. The van der Waals surface area contributed by atoms with Crippen molar-refractivity contribution in [1.29, 1.82) is 0 Å². The highest BCUT2D eigenvalue weighted by molar-refractivity contribution is 7.11. The van der Waals surface area contributed by atoms with Gasteiger partial charge in [0.25, 0.3) is 11.8 Å². The molecule has 1 aliphatic heterocycles. The van der Waals surface area contributed by atoms with Crippen molar-refractivity contribution < 1.29 is 14.1 Å². The van der Waals surface area contributed by atoms with Crippen LogP contribution in [-0.4, -0.2) is 40.6 Å². The van der Waals surface area contributed by atoms with Gasteiger partial charge in [-0.2, -0.15) is 0 Å².